The van der Waals surface area contributed by atoms with Crippen molar-refractivity contribution in [1.29, 1.82) is 0 Å². The summed E-state index contributed by atoms with van der Waals surface area (Å²) in [7, 11) is 0. The zero-order chi connectivity index (χ0) is 18.4. The predicted molar refractivity (Wildman–Crippen MR) is 94.5 cm³/mol. The molecule has 0 amide bonds. The first kappa shape index (κ1) is 18.5. The molecule has 4 heteroatoms. The maximum atomic E-state index is 12.7. The minimum Gasteiger partial charge on any atom is -0.299 e. The Kier molecular flexibility index (Phi) is 6.12. The molecule has 4 nitrogen and oxygen atoms in total. The van der Waals surface area contributed by atoms with Crippen LogP contribution in [0.2, 0.25) is 0 Å². The minimum absolute atomic E-state index is 0.105. The van der Waals surface area contributed by atoms with E-state index in [0.717, 1.165) is 0 Å². The van der Waals surface area contributed by atoms with Gasteiger partial charge in [-0.1, -0.05) is 60.7 Å². The van der Waals surface area contributed by atoms with Gasteiger partial charge in [-0.15, -0.1) is 0 Å². The van der Waals surface area contributed by atoms with Crippen LogP contribution in [-0.2, 0) is 9.59 Å². The molecule has 0 spiro atoms. The van der Waals surface area contributed by atoms with Crippen molar-refractivity contribution in [2.24, 2.45) is 11.8 Å². The molecule has 2 aromatic carbocycles. The summed E-state index contributed by atoms with van der Waals surface area (Å²) in [5.74, 6) is -3.43. The van der Waals surface area contributed by atoms with Gasteiger partial charge in [0.2, 0.25) is 0 Å². The molecule has 2 aromatic rings. The molecule has 2 rings (SSSR count). The summed E-state index contributed by atoms with van der Waals surface area (Å²) >= 11 is 0. The lowest BCUT2D eigenvalue weighted by atomic mass is 9.81. The number of ketones is 4. The predicted octanol–water partition coefficient (Wildman–Crippen LogP) is 3.55. The van der Waals surface area contributed by atoms with Crippen LogP contribution in [0.3, 0.4) is 0 Å². The van der Waals surface area contributed by atoms with Gasteiger partial charge < -0.3 is 0 Å². The average Bonchev–Trinajstić information content (AvgIpc) is 2.62. The van der Waals surface area contributed by atoms with Crippen molar-refractivity contribution >= 4 is 23.1 Å². The third-order valence-electron chi connectivity index (χ3n) is 4.20. The van der Waals surface area contributed by atoms with Crippen molar-refractivity contribution in [2.45, 2.75) is 20.3 Å². The molecule has 0 radical (unpaired) electrons. The van der Waals surface area contributed by atoms with E-state index in [1.54, 1.807) is 60.7 Å². The average molecular weight is 336 g/mol. The number of carbonyl (C=O) groups is 4. The van der Waals surface area contributed by atoms with Gasteiger partial charge in [0.05, 0.1) is 11.8 Å². The third kappa shape index (κ3) is 4.57. The number of hydrogen-bond acceptors (Lipinski definition) is 4. The van der Waals surface area contributed by atoms with Gasteiger partial charge in [-0.3, -0.25) is 19.2 Å². The van der Waals surface area contributed by atoms with Crippen molar-refractivity contribution in [2.75, 3.05) is 0 Å². The largest absolute Gasteiger partial charge is 0.299 e. The lowest BCUT2D eigenvalue weighted by Gasteiger charge is -2.18. The first-order valence-corrected chi connectivity index (χ1v) is 8.11. The SMILES string of the molecule is CC(=O)C(CC(C(C)=O)C(=O)c1ccccc1)C(=O)c1ccccc1. The van der Waals surface area contributed by atoms with Crippen LogP contribution >= 0.6 is 0 Å². The molecule has 0 fully saturated rings. The zero-order valence-electron chi connectivity index (χ0n) is 14.3. The van der Waals surface area contributed by atoms with Gasteiger partial charge in [0.25, 0.3) is 0 Å². The van der Waals surface area contributed by atoms with E-state index in [-0.39, 0.29) is 29.6 Å². The van der Waals surface area contributed by atoms with Gasteiger partial charge in [-0.05, 0) is 20.3 Å². The van der Waals surface area contributed by atoms with Gasteiger partial charge in [0.15, 0.2) is 11.6 Å². The van der Waals surface area contributed by atoms with Crippen molar-refractivity contribution in [3.05, 3.63) is 71.8 Å². The van der Waals surface area contributed by atoms with Crippen molar-refractivity contribution in [3.63, 3.8) is 0 Å². The molecule has 128 valence electrons. The summed E-state index contributed by atoms with van der Waals surface area (Å²) in [6.07, 6.45) is -0.105. The van der Waals surface area contributed by atoms with E-state index < -0.39 is 11.8 Å². The molecule has 0 aliphatic heterocycles. The molecule has 0 aliphatic rings. The molecule has 2 atom stereocenters. The molecule has 25 heavy (non-hydrogen) atoms. The summed E-state index contributed by atoms with van der Waals surface area (Å²) in [6.45, 7) is 2.63. The standard InChI is InChI=1S/C21H20O4/c1-14(22)18(20(24)16-9-5-3-6-10-16)13-19(15(2)23)21(25)17-11-7-4-8-12-17/h3-12,18-19H,13H2,1-2H3. The Morgan fingerprint density at radius 3 is 1.24 bits per heavy atom. The number of hydrogen-bond donors (Lipinski definition) is 0. The van der Waals surface area contributed by atoms with Gasteiger partial charge in [-0.25, -0.2) is 0 Å². The maximum absolute atomic E-state index is 12.7. The fourth-order valence-corrected chi connectivity index (χ4v) is 2.76. The molecule has 2 unspecified atom stereocenters. The van der Waals surface area contributed by atoms with Gasteiger partial charge >= 0.3 is 0 Å². The molecule has 0 heterocycles. The Morgan fingerprint density at radius 2 is 0.960 bits per heavy atom. The third-order valence-corrected chi connectivity index (χ3v) is 4.20. The maximum Gasteiger partial charge on any atom is 0.173 e. The molecular formula is C21H20O4. The second-order valence-electron chi connectivity index (χ2n) is 6.02. The molecule has 0 bridgehead atoms. The van der Waals surface area contributed by atoms with Gasteiger partial charge in [-0.2, -0.15) is 0 Å². The number of benzene rings is 2. The second kappa shape index (κ2) is 8.29. The van der Waals surface area contributed by atoms with Crippen LogP contribution in [-0.4, -0.2) is 23.1 Å². The Morgan fingerprint density at radius 1 is 0.640 bits per heavy atom. The molecule has 0 aliphatic carbocycles. The van der Waals surface area contributed by atoms with E-state index in [1.165, 1.54) is 13.8 Å². The van der Waals surface area contributed by atoms with Crippen LogP contribution in [0, 0.1) is 11.8 Å². The van der Waals surface area contributed by atoms with Crippen LogP contribution in [0.1, 0.15) is 41.0 Å². The fraction of sp³-hybridized carbons (Fsp3) is 0.238. The number of Topliss-reactive ketones (excluding diaryl/α,β-unsaturated/α-hetero) is 4. The molecule has 0 aromatic heterocycles. The Labute approximate surface area is 146 Å². The van der Waals surface area contributed by atoms with Crippen molar-refractivity contribution in [1.82, 2.24) is 0 Å². The highest BCUT2D eigenvalue weighted by Gasteiger charge is 2.33. The molecule has 0 saturated heterocycles. The van der Waals surface area contributed by atoms with Crippen molar-refractivity contribution in [3.8, 4) is 0 Å². The Hall–Kier alpha value is -2.88. The lowest BCUT2D eigenvalue weighted by Crippen LogP contribution is -2.31. The fourth-order valence-electron chi connectivity index (χ4n) is 2.76. The zero-order valence-corrected chi connectivity index (χ0v) is 14.3. The van der Waals surface area contributed by atoms with E-state index in [0.29, 0.717) is 11.1 Å². The van der Waals surface area contributed by atoms with Crippen LogP contribution in [0.25, 0.3) is 0 Å². The first-order chi connectivity index (χ1) is 11.9. The Bertz CT molecular complexity index is 711. The van der Waals surface area contributed by atoms with Gasteiger partial charge in [0.1, 0.15) is 11.6 Å². The number of carbonyl (C=O) groups excluding carboxylic acids is 4. The van der Waals surface area contributed by atoms with E-state index in [9.17, 15) is 19.2 Å². The molecule has 0 N–H and O–H groups in total. The van der Waals surface area contributed by atoms with Crippen LogP contribution < -0.4 is 0 Å². The van der Waals surface area contributed by atoms with E-state index in [1.807, 2.05) is 0 Å². The van der Waals surface area contributed by atoms with Crippen LogP contribution in [0.5, 0.6) is 0 Å². The minimum atomic E-state index is -1.01. The van der Waals surface area contributed by atoms with E-state index in [4.69, 9.17) is 0 Å². The summed E-state index contributed by atoms with van der Waals surface area (Å²) in [5, 5.41) is 0. The lowest BCUT2D eigenvalue weighted by molar-refractivity contribution is -0.121. The highest BCUT2D eigenvalue weighted by Crippen LogP contribution is 2.23. The monoisotopic (exact) mass is 336 g/mol. The van der Waals surface area contributed by atoms with Crippen LogP contribution in [0.15, 0.2) is 60.7 Å². The van der Waals surface area contributed by atoms with E-state index >= 15 is 0 Å². The van der Waals surface area contributed by atoms with Crippen molar-refractivity contribution < 1.29 is 19.2 Å². The van der Waals surface area contributed by atoms with Gasteiger partial charge in [0, 0.05) is 11.1 Å². The summed E-state index contributed by atoms with van der Waals surface area (Å²) in [5.41, 5.74) is 0.800. The summed E-state index contributed by atoms with van der Waals surface area (Å²) in [6, 6.07) is 16.9. The normalized spacial score (nSPS) is 12.9. The summed E-state index contributed by atoms with van der Waals surface area (Å²) in [4.78, 5) is 49.4. The second-order valence-corrected chi connectivity index (χ2v) is 6.02. The Balaban J connectivity index is 2.29. The summed E-state index contributed by atoms with van der Waals surface area (Å²) < 4.78 is 0. The molecular weight excluding hydrogens is 316 g/mol. The number of rotatable bonds is 8. The quantitative estimate of drug-likeness (QED) is 0.546. The van der Waals surface area contributed by atoms with Crippen LogP contribution in [0.4, 0.5) is 0 Å². The van der Waals surface area contributed by atoms with E-state index in [2.05, 4.69) is 0 Å². The highest BCUT2D eigenvalue weighted by molar-refractivity contribution is 6.13. The first-order valence-electron chi connectivity index (χ1n) is 8.11. The topological polar surface area (TPSA) is 68.3 Å². The smallest absolute Gasteiger partial charge is 0.173 e. The molecule has 0 saturated carbocycles. The highest BCUT2D eigenvalue weighted by atomic mass is 16.2.